The van der Waals surface area contributed by atoms with Crippen LogP contribution >= 0.6 is 0 Å². The smallest absolute Gasteiger partial charge is 0.416 e. The minimum atomic E-state index is -5.18. The average Bonchev–Trinajstić information content (AvgIpc) is 3.29. The molecule has 2 aliphatic rings. The van der Waals surface area contributed by atoms with Crippen molar-refractivity contribution < 1.29 is 53.9 Å². The van der Waals surface area contributed by atoms with Gasteiger partial charge in [0.05, 0.1) is 22.6 Å². The number of hydrogen-bond acceptors (Lipinski definition) is 6. The number of carbonyl (C=O) groups excluding carboxylic acids is 3. The van der Waals surface area contributed by atoms with Crippen LogP contribution in [0.25, 0.3) is 10.9 Å². The number of aromatic nitrogens is 1. The number of likely N-dealkylation sites (tertiary alicyclic amines) is 1. The van der Waals surface area contributed by atoms with Crippen molar-refractivity contribution in [1.29, 1.82) is 0 Å². The van der Waals surface area contributed by atoms with Crippen molar-refractivity contribution >= 4 is 38.8 Å². The zero-order valence-corrected chi connectivity index (χ0v) is 27.1. The number of nitrogens with zero attached hydrogens (tertiary/aromatic N) is 1. The molecule has 3 N–H and O–H groups in total. The van der Waals surface area contributed by atoms with Crippen LogP contribution in [0, 0.1) is 11.8 Å². The Morgan fingerprint density at radius 3 is 2.18 bits per heavy atom. The molecular formula is C32H32F6N4O6S. The van der Waals surface area contributed by atoms with Crippen LogP contribution in [-0.2, 0) is 36.7 Å². The topological polar surface area (TPSA) is 138 Å². The van der Waals surface area contributed by atoms with Gasteiger partial charge in [0.2, 0.25) is 5.91 Å². The third kappa shape index (κ3) is 7.26. The van der Waals surface area contributed by atoms with Crippen LogP contribution in [0.15, 0.2) is 66.2 Å². The van der Waals surface area contributed by atoms with E-state index < -0.39 is 99.0 Å². The molecule has 10 nitrogen and oxygen atoms in total. The Kier molecular flexibility index (Phi) is 8.83. The van der Waals surface area contributed by atoms with Gasteiger partial charge < -0.3 is 19.9 Å². The van der Waals surface area contributed by atoms with E-state index >= 15 is 0 Å². The van der Waals surface area contributed by atoms with E-state index in [1.807, 2.05) is 4.72 Å². The summed E-state index contributed by atoms with van der Waals surface area (Å²) in [5.41, 5.74) is -6.43. The normalized spacial score (nSPS) is 22.9. The van der Waals surface area contributed by atoms with Gasteiger partial charge in [0.1, 0.15) is 16.0 Å². The van der Waals surface area contributed by atoms with E-state index in [9.17, 15) is 49.1 Å². The third-order valence-corrected chi connectivity index (χ3v) is 9.84. The van der Waals surface area contributed by atoms with Crippen molar-refractivity contribution in [2.24, 2.45) is 11.8 Å². The van der Waals surface area contributed by atoms with Gasteiger partial charge in [-0.1, -0.05) is 18.2 Å². The first-order valence-corrected chi connectivity index (χ1v) is 16.4. The molecule has 0 bridgehead atoms. The lowest BCUT2D eigenvalue weighted by molar-refractivity contribution is -0.143. The number of benzene rings is 2. The van der Waals surface area contributed by atoms with E-state index in [0.29, 0.717) is 17.5 Å². The van der Waals surface area contributed by atoms with Gasteiger partial charge >= 0.3 is 18.4 Å². The van der Waals surface area contributed by atoms with Crippen molar-refractivity contribution in [3.63, 3.8) is 0 Å². The summed E-state index contributed by atoms with van der Waals surface area (Å²) in [6.45, 7) is 7.26. The number of alkyl halides is 6. The molecule has 1 saturated heterocycles. The lowest BCUT2D eigenvalue weighted by Crippen LogP contribution is -2.53. The molecule has 0 radical (unpaired) electrons. The predicted octanol–water partition coefficient (Wildman–Crippen LogP) is 5.72. The average molecular weight is 715 g/mol. The van der Waals surface area contributed by atoms with E-state index in [2.05, 4.69) is 16.9 Å². The summed E-state index contributed by atoms with van der Waals surface area (Å²) in [5.74, 6) is -5.81. The number of aromatic amines is 1. The highest BCUT2D eigenvalue weighted by Crippen LogP contribution is 2.47. The number of H-pyrrole nitrogens is 1. The maximum atomic E-state index is 13.9. The lowest BCUT2D eigenvalue weighted by Gasteiger charge is -2.24. The largest absolute Gasteiger partial charge is 0.444 e. The van der Waals surface area contributed by atoms with Gasteiger partial charge in [-0.15, -0.1) is 6.58 Å². The van der Waals surface area contributed by atoms with Crippen LogP contribution < -0.4 is 10.0 Å². The van der Waals surface area contributed by atoms with Crippen LogP contribution in [-0.4, -0.2) is 60.4 Å². The fraction of sp³-hybridized carbons (Fsp3) is 0.406. The molecule has 17 heteroatoms. The summed E-state index contributed by atoms with van der Waals surface area (Å²) in [6, 6.07) is 6.90. The summed E-state index contributed by atoms with van der Waals surface area (Å²) in [7, 11) is -4.51. The highest BCUT2D eigenvalue weighted by Gasteiger charge is 2.61. The van der Waals surface area contributed by atoms with E-state index in [4.69, 9.17) is 4.74 Å². The van der Waals surface area contributed by atoms with Crippen molar-refractivity contribution in [2.75, 3.05) is 13.1 Å². The molecule has 1 aliphatic heterocycles. The summed E-state index contributed by atoms with van der Waals surface area (Å²) in [5, 5.41) is 3.04. The van der Waals surface area contributed by atoms with Crippen LogP contribution in [0.2, 0.25) is 0 Å². The SMILES string of the molecule is C=C[C@@H]1C[C@]1(NC(=O)C1CN(C(=O)OC(C)(C)C)CC1c1cc(C(F)(F)F)cc(C(F)(F)F)c1)C(=O)NS(=O)(=O)c1cccc2cc[nH]c12. The summed E-state index contributed by atoms with van der Waals surface area (Å²) < 4.78 is 117. The number of para-hydroxylation sites is 1. The number of hydrogen-bond donors (Lipinski definition) is 3. The van der Waals surface area contributed by atoms with Crippen LogP contribution in [0.5, 0.6) is 0 Å². The molecule has 1 aromatic heterocycles. The molecule has 49 heavy (non-hydrogen) atoms. The number of nitrogens with one attached hydrogen (secondary N) is 3. The molecule has 2 fully saturated rings. The molecule has 4 atom stereocenters. The lowest BCUT2D eigenvalue weighted by atomic mass is 9.86. The molecule has 5 rings (SSSR count). The highest BCUT2D eigenvalue weighted by molar-refractivity contribution is 7.90. The number of amides is 3. The van der Waals surface area contributed by atoms with Crippen molar-refractivity contribution in [3.8, 4) is 0 Å². The minimum absolute atomic E-state index is 0.0501. The third-order valence-electron chi connectivity index (χ3n) is 8.46. The maximum Gasteiger partial charge on any atom is 0.416 e. The molecular weight excluding hydrogens is 682 g/mol. The van der Waals surface area contributed by atoms with Crippen molar-refractivity contribution in [2.45, 2.75) is 61.5 Å². The predicted molar refractivity (Wildman–Crippen MR) is 163 cm³/mol. The van der Waals surface area contributed by atoms with E-state index in [0.717, 1.165) is 4.90 Å². The van der Waals surface area contributed by atoms with Gasteiger partial charge in [0.25, 0.3) is 15.9 Å². The van der Waals surface area contributed by atoms with Crippen LogP contribution in [0.1, 0.15) is 49.8 Å². The highest BCUT2D eigenvalue weighted by atomic mass is 32.2. The van der Waals surface area contributed by atoms with Crippen LogP contribution in [0.3, 0.4) is 0 Å². The Hall–Kier alpha value is -4.54. The monoisotopic (exact) mass is 714 g/mol. The Morgan fingerprint density at radius 2 is 1.63 bits per heavy atom. The molecule has 3 amide bonds. The molecule has 3 aromatic rings. The quantitative estimate of drug-likeness (QED) is 0.212. The molecule has 1 aliphatic carbocycles. The Bertz CT molecular complexity index is 1900. The number of ether oxygens (including phenoxy) is 1. The van der Waals surface area contributed by atoms with Gasteiger partial charge in [-0.3, -0.25) is 9.59 Å². The second kappa shape index (κ2) is 12.1. The molecule has 1 saturated carbocycles. The Labute approximate surface area is 276 Å². The van der Waals surface area contributed by atoms with E-state index in [1.54, 1.807) is 32.9 Å². The number of sulfonamides is 1. The zero-order valence-electron chi connectivity index (χ0n) is 26.3. The minimum Gasteiger partial charge on any atom is -0.444 e. The molecule has 2 aromatic carbocycles. The number of carbonyl (C=O) groups is 3. The van der Waals surface area contributed by atoms with Gasteiger partial charge in [-0.25, -0.2) is 17.9 Å². The van der Waals surface area contributed by atoms with Crippen molar-refractivity contribution in [3.05, 3.63) is 78.0 Å². The van der Waals surface area contributed by atoms with E-state index in [1.165, 1.54) is 24.4 Å². The first kappa shape index (κ1) is 35.8. The summed E-state index contributed by atoms with van der Waals surface area (Å²) in [6.07, 6.45) is -8.63. The second-order valence-electron chi connectivity index (χ2n) is 13.1. The fourth-order valence-electron chi connectivity index (χ4n) is 5.97. The molecule has 0 spiro atoms. The standard InChI is InChI=1S/C32H32F6N4O6S/c1-5-19-14-30(19,27(44)41-49(46,47)24-8-6-7-17-9-10-39-25(17)24)40-26(43)23-16-42(28(45)48-29(2,3)4)15-22(23)18-11-20(31(33,34)35)13-21(12-18)32(36,37)38/h5-13,19,22-23,39H,1,14-16H2,2-4H3,(H,40,43)(H,41,44)/t19-,22?,23?,30-/m1/s1. The second-order valence-corrected chi connectivity index (χ2v) is 14.7. The Balaban J connectivity index is 1.49. The Morgan fingerprint density at radius 1 is 1.00 bits per heavy atom. The first-order valence-electron chi connectivity index (χ1n) is 14.9. The van der Waals surface area contributed by atoms with Gasteiger partial charge in [-0.2, -0.15) is 26.3 Å². The number of fused-ring (bicyclic) bond motifs is 1. The van der Waals surface area contributed by atoms with E-state index in [-0.39, 0.29) is 22.9 Å². The number of rotatable bonds is 7. The summed E-state index contributed by atoms with van der Waals surface area (Å²) in [4.78, 5) is 44.1. The summed E-state index contributed by atoms with van der Waals surface area (Å²) >= 11 is 0. The first-order chi connectivity index (χ1) is 22.6. The zero-order chi connectivity index (χ0) is 36.3. The number of halogens is 6. The van der Waals surface area contributed by atoms with Crippen LogP contribution in [0.4, 0.5) is 31.1 Å². The van der Waals surface area contributed by atoms with Gasteiger partial charge in [0.15, 0.2) is 0 Å². The molecule has 264 valence electrons. The molecule has 2 unspecified atom stereocenters. The fourth-order valence-corrected chi connectivity index (χ4v) is 7.21. The molecule has 2 heterocycles. The van der Waals surface area contributed by atoms with Gasteiger partial charge in [0, 0.05) is 36.5 Å². The maximum absolute atomic E-state index is 13.9. The van der Waals surface area contributed by atoms with Gasteiger partial charge in [-0.05, 0) is 63.1 Å². The van der Waals surface area contributed by atoms with Crippen molar-refractivity contribution in [1.82, 2.24) is 19.9 Å².